The Labute approximate surface area is 121 Å². The lowest BCUT2D eigenvalue weighted by atomic mass is 9.84. The summed E-state index contributed by atoms with van der Waals surface area (Å²) in [6.07, 6.45) is 5.31. The molecule has 1 saturated carbocycles. The van der Waals surface area contributed by atoms with Crippen LogP contribution in [0.15, 0.2) is 24.3 Å². The molecule has 2 atom stereocenters. The maximum atomic E-state index is 11.6. The molecule has 2 rings (SSSR count). The molecule has 1 aliphatic rings. The van der Waals surface area contributed by atoms with E-state index in [0.29, 0.717) is 18.4 Å². The van der Waals surface area contributed by atoms with Crippen molar-refractivity contribution < 1.29 is 4.79 Å². The van der Waals surface area contributed by atoms with Crippen LogP contribution in [0.5, 0.6) is 0 Å². The SMILES string of the molecule is CNC(=O)Cc1ccccc1NC1CCCCC1CN. The lowest BCUT2D eigenvalue weighted by molar-refractivity contribution is -0.119. The highest BCUT2D eigenvalue weighted by molar-refractivity contribution is 5.80. The first-order chi connectivity index (χ1) is 9.74. The van der Waals surface area contributed by atoms with E-state index in [9.17, 15) is 4.79 Å². The lowest BCUT2D eigenvalue weighted by Gasteiger charge is -2.32. The zero-order chi connectivity index (χ0) is 14.4. The van der Waals surface area contributed by atoms with Gasteiger partial charge >= 0.3 is 0 Å². The van der Waals surface area contributed by atoms with Gasteiger partial charge in [-0.1, -0.05) is 31.0 Å². The zero-order valence-corrected chi connectivity index (χ0v) is 12.2. The summed E-state index contributed by atoms with van der Waals surface area (Å²) in [5.41, 5.74) is 8.00. The molecule has 0 heterocycles. The Morgan fingerprint density at radius 2 is 2.05 bits per heavy atom. The van der Waals surface area contributed by atoms with Crippen LogP contribution in [0.3, 0.4) is 0 Å². The molecule has 4 nitrogen and oxygen atoms in total. The third kappa shape index (κ3) is 3.73. The average molecular weight is 275 g/mol. The van der Waals surface area contributed by atoms with Crippen LogP contribution in [0, 0.1) is 5.92 Å². The van der Waals surface area contributed by atoms with E-state index in [-0.39, 0.29) is 5.91 Å². The highest BCUT2D eigenvalue weighted by Crippen LogP contribution is 2.28. The van der Waals surface area contributed by atoms with Crippen LogP contribution < -0.4 is 16.4 Å². The molecule has 4 N–H and O–H groups in total. The number of carbonyl (C=O) groups is 1. The molecule has 0 aliphatic heterocycles. The summed E-state index contributed by atoms with van der Waals surface area (Å²) in [5, 5.41) is 6.30. The fourth-order valence-electron chi connectivity index (χ4n) is 2.96. The van der Waals surface area contributed by atoms with Gasteiger partial charge in [-0.2, -0.15) is 0 Å². The third-order valence-electron chi connectivity index (χ3n) is 4.20. The van der Waals surface area contributed by atoms with Crippen molar-refractivity contribution in [1.29, 1.82) is 0 Å². The number of likely N-dealkylation sites (N-methyl/N-ethyl adjacent to an activating group) is 1. The van der Waals surface area contributed by atoms with Crippen molar-refractivity contribution in [3.8, 4) is 0 Å². The van der Waals surface area contributed by atoms with E-state index >= 15 is 0 Å². The van der Waals surface area contributed by atoms with Crippen molar-refractivity contribution in [1.82, 2.24) is 5.32 Å². The van der Waals surface area contributed by atoms with Crippen LogP contribution >= 0.6 is 0 Å². The number of anilines is 1. The highest BCUT2D eigenvalue weighted by atomic mass is 16.1. The molecule has 0 radical (unpaired) electrons. The van der Waals surface area contributed by atoms with Crippen LogP contribution in [0.4, 0.5) is 5.69 Å². The molecule has 1 aromatic carbocycles. The predicted molar refractivity (Wildman–Crippen MR) is 82.6 cm³/mol. The summed E-state index contributed by atoms with van der Waals surface area (Å²) in [5.74, 6) is 0.579. The van der Waals surface area contributed by atoms with Crippen molar-refractivity contribution >= 4 is 11.6 Å². The number of nitrogens with one attached hydrogen (secondary N) is 2. The van der Waals surface area contributed by atoms with Gasteiger partial charge in [0.1, 0.15) is 0 Å². The van der Waals surface area contributed by atoms with E-state index in [4.69, 9.17) is 5.73 Å². The molecule has 0 aromatic heterocycles. The smallest absolute Gasteiger partial charge is 0.224 e. The molecule has 1 amide bonds. The molecular formula is C16H25N3O. The van der Waals surface area contributed by atoms with Crippen molar-refractivity contribution in [2.45, 2.75) is 38.1 Å². The maximum Gasteiger partial charge on any atom is 0.224 e. The van der Waals surface area contributed by atoms with Gasteiger partial charge in [0.15, 0.2) is 0 Å². The second-order valence-electron chi connectivity index (χ2n) is 5.54. The molecule has 1 aromatic rings. The summed E-state index contributed by atoms with van der Waals surface area (Å²) in [6, 6.07) is 8.48. The Kier molecular flexibility index (Phi) is 5.41. The van der Waals surface area contributed by atoms with Crippen LogP contribution in [0.2, 0.25) is 0 Å². The average Bonchev–Trinajstić information content (AvgIpc) is 2.49. The van der Waals surface area contributed by atoms with E-state index in [1.165, 1.54) is 19.3 Å². The summed E-state index contributed by atoms with van der Waals surface area (Å²) in [4.78, 5) is 11.6. The number of hydrogen-bond acceptors (Lipinski definition) is 3. The Bertz CT molecular complexity index is 447. The van der Waals surface area contributed by atoms with Crippen LogP contribution in [0.25, 0.3) is 0 Å². The van der Waals surface area contributed by atoms with Crippen molar-refractivity contribution in [3.63, 3.8) is 0 Å². The molecule has 20 heavy (non-hydrogen) atoms. The maximum absolute atomic E-state index is 11.6. The van der Waals surface area contributed by atoms with Crippen LogP contribution in [-0.4, -0.2) is 25.5 Å². The molecule has 4 heteroatoms. The third-order valence-corrected chi connectivity index (χ3v) is 4.20. The van der Waals surface area contributed by atoms with E-state index < -0.39 is 0 Å². The van der Waals surface area contributed by atoms with E-state index in [1.54, 1.807) is 7.05 Å². The number of para-hydroxylation sites is 1. The standard InChI is InChI=1S/C16H25N3O/c1-18-16(20)10-12-6-2-4-8-14(12)19-15-9-5-3-7-13(15)11-17/h2,4,6,8,13,15,19H,3,5,7,9-11,17H2,1H3,(H,18,20). The molecule has 0 saturated heterocycles. The Morgan fingerprint density at radius 1 is 1.30 bits per heavy atom. The monoisotopic (exact) mass is 275 g/mol. The molecule has 2 unspecified atom stereocenters. The zero-order valence-electron chi connectivity index (χ0n) is 12.2. The van der Waals surface area contributed by atoms with Crippen LogP contribution in [0.1, 0.15) is 31.2 Å². The largest absolute Gasteiger partial charge is 0.382 e. The summed E-state index contributed by atoms with van der Waals surface area (Å²) < 4.78 is 0. The van der Waals surface area contributed by atoms with Crippen molar-refractivity contribution in [3.05, 3.63) is 29.8 Å². The molecule has 0 bridgehead atoms. The first-order valence-electron chi connectivity index (χ1n) is 7.49. The number of benzene rings is 1. The normalized spacial score (nSPS) is 22.3. The predicted octanol–water partition coefficient (Wildman–Crippen LogP) is 1.90. The Morgan fingerprint density at radius 3 is 2.80 bits per heavy atom. The fourth-order valence-corrected chi connectivity index (χ4v) is 2.96. The topological polar surface area (TPSA) is 67.2 Å². The Balaban J connectivity index is 2.09. The van der Waals surface area contributed by atoms with Gasteiger partial charge in [0, 0.05) is 18.8 Å². The minimum atomic E-state index is 0.0401. The number of nitrogens with two attached hydrogens (primary N) is 1. The van der Waals surface area contributed by atoms with E-state index in [1.807, 2.05) is 18.2 Å². The van der Waals surface area contributed by atoms with Crippen molar-refractivity contribution in [2.24, 2.45) is 11.7 Å². The van der Waals surface area contributed by atoms with Gasteiger partial charge in [-0.05, 0) is 36.9 Å². The summed E-state index contributed by atoms with van der Waals surface area (Å²) >= 11 is 0. The molecule has 0 spiro atoms. The summed E-state index contributed by atoms with van der Waals surface area (Å²) in [7, 11) is 1.67. The van der Waals surface area contributed by atoms with Gasteiger partial charge in [0.2, 0.25) is 5.91 Å². The van der Waals surface area contributed by atoms with Crippen molar-refractivity contribution in [2.75, 3.05) is 18.9 Å². The lowest BCUT2D eigenvalue weighted by Crippen LogP contribution is -2.37. The minimum absolute atomic E-state index is 0.0401. The second kappa shape index (κ2) is 7.29. The van der Waals surface area contributed by atoms with Gasteiger partial charge in [-0.3, -0.25) is 4.79 Å². The molecular weight excluding hydrogens is 250 g/mol. The van der Waals surface area contributed by atoms with Gasteiger partial charge in [-0.25, -0.2) is 0 Å². The molecule has 1 fully saturated rings. The summed E-state index contributed by atoms with van der Waals surface area (Å²) in [6.45, 7) is 0.731. The molecule has 110 valence electrons. The van der Waals surface area contributed by atoms with Gasteiger partial charge in [0.25, 0.3) is 0 Å². The quantitative estimate of drug-likeness (QED) is 0.769. The number of rotatable bonds is 5. The van der Waals surface area contributed by atoms with Gasteiger partial charge in [-0.15, -0.1) is 0 Å². The van der Waals surface area contributed by atoms with E-state index in [0.717, 1.165) is 24.2 Å². The number of hydrogen-bond donors (Lipinski definition) is 3. The first kappa shape index (κ1) is 14.9. The van der Waals surface area contributed by atoms with Crippen LogP contribution in [-0.2, 0) is 11.2 Å². The number of carbonyl (C=O) groups excluding carboxylic acids is 1. The van der Waals surface area contributed by atoms with Gasteiger partial charge in [0.05, 0.1) is 6.42 Å². The number of amides is 1. The van der Waals surface area contributed by atoms with Gasteiger partial charge < -0.3 is 16.4 Å². The highest BCUT2D eigenvalue weighted by Gasteiger charge is 2.24. The minimum Gasteiger partial charge on any atom is -0.382 e. The molecule has 1 aliphatic carbocycles. The van der Waals surface area contributed by atoms with E-state index in [2.05, 4.69) is 16.7 Å². The first-order valence-corrected chi connectivity index (χ1v) is 7.49. The Hall–Kier alpha value is -1.55. The second-order valence-corrected chi connectivity index (χ2v) is 5.54. The fraction of sp³-hybridized carbons (Fsp3) is 0.562.